The van der Waals surface area contributed by atoms with Crippen LogP contribution in [0.4, 0.5) is 11.4 Å². The molecular formula is C18H18N2O5S. The number of aryl methyl sites for hydroxylation is 1. The third-order valence-electron chi connectivity index (χ3n) is 3.80. The first-order valence-corrected chi connectivity index (χ1v) is 8.48. The summed E-state index contributed by atoms with van der Waals surface area (Å²) in [5, 5.41) is 10.8. The van der Waals surface area contributed by atoms with Gasteiger partial charge in [-0.1, -0.05) is 0 Å². The maximum atomic E-state index is 12.0. The summed E-state index contributed by atoms with van der Waals surface area (Å²) in [4.78, 5) is 12.0. The van der Waals surface area contributed by atoms with Crippen molar-refractivity contribution in [2.75, 3.05) is 23.4 Å². The number of fused-ring (bicyclic) bond motifs is 1. The van der Waals surface area contributed by atoms with Crippen LogP contribution < -0.4 is 13.9 Å². The summed E-state index contributed by atoms with van der Waals surface area (Å²) in [5.41, 5.74) is 2.27. The summed E-state index contributed by atoms with van der Waals surface area (Å²) >= 11 is 0.983. The van der Waals surface area contributed by atoms with Gasteiger partial charge in [0.1, 0.15) is 22.7 Å². The summed E-state index contributed by atoms with van der Waals surface area (Å²) in [6.07, 6.45) is 0. The largest absolute Gasteiger partial charge is 0.497 e. The van der Waals surface area contributed by atoms with E-state index in [1.165, 1.54) is 7.11 Å². The van der Waals surface area contributed by atoms with Crippen LogP contribution in [0, 0.1) is 6.92 Å². The molecule has 1 heterocycles. The quantitative estimate of drug-likeness (QED) is 0.373. The van der Waals surface area contributed by atoms with Gasteiger partial charge >= 0.3 is 5.97 Å². The van der Waals surface area contributed by atoms with E-state index in [0.717, 1.165) is 16.6 Å². The number of furan rings is 1. The van der Waals surface area contributed by atoms with Crippen molar-refractivity contribution in [3.63, 3.8) is 0 Å². The molecule has 0 aliphatic rings. The second-order valence-corrected chi connectivity index (χ2v) is 6.13. The van der Waals surface area contributed by atoms with Crippen molar-refractivity contribution in [1.29, 1.82) is 0 Å². The fourth-order valence-corrected chi connectivity index (χ4v) is 3.04. The van der Waals surface area contributed by atoms with Crippen molar-refractivity contribution in [3.8, 4) is 5.75 Å². The molecule has 0 aliphatic heterocycles. The molecule has 26 heavy (non-hydrogen) atoms. The van der Waals surface area contributed by atoms with Gasteiger partial charge < -0.3 is 18.6 Å². The summed E-state index contributed by atoms with van der Waals surface area (Å²) < 4.78 is 19.5. The fourth-order valence-electron chi connectivity index (χ4n) is 2.50. The molecule has 0 amide bonds. The maximum Gasteiger partial charge on any atom is 0.342 e. The number of methoxy groups -OCH3 is 2. The average Bonchev–Trinajstić information content (AvgIpc) is 3.00. The Kier molecular flexibility index (Phi) is 5.24. The zero-order chi connectivity index (χ0) is 18.7. The van der Waals surface area contributed by atoms with Crippen molar-refractivity contribution < 1.29 is 23.9 Å². The van der Waals surface area contributed by atoms with Crippen molar-refractivity contribution in [1.82, 2.24) is 0 Å². The van der Waals surface area contributed by atoms with Crippen LogP contribution in [0.15, 0.2) is 46.9 Å². The van der Waals surface area contributed by atoms with Gasteiger partial charge in [-0.05, 0) is 49.4 Å². The fraction of sp³-hybridized carbons (Fsp3) is 0.167. The SMILES string of the molecule is COC(=O)c1c(C)oc2ccc(NSN(O)c3ccc(OC)cc3)cc12. The van der Waals surface area contributed by atoms with Crippen LogP contribution in [0.1, 0.15) is 16.1 Å². The minimum absolute atomic E-state index is 0.396. The van der Waals surface area contributed by atoms with Crippen LogP contribution in [-0.4, -0.2) is 25.4 Å². The first kappa shape index (κ1) is 18.0. The number of nitrogens with one attached hydrogen (secondary N) is 1. The number of carbonyl (C=O) groups excluding carboxylic acids is 1. The molecule has 0 saturated heterocycles. The Balaban J connectivity index is 1.77. The van der Waals surface area contributed by atoms with Crippen LogP contribution in [-0.2, 0) is 4.74 Å². The lowest BCUT2D eigenvalue weighted by atomic mass is 10.1. The van der Waals surface area contributed by atoms with E-state index < -0.39 is 5.97 Å². The minimum Gasteiger partial charge on any atom is -0.497 e. The van der Waals surface area contributed by atoms with Crippen molar-refractivity contribution >= 4 is 40.4 Å². The second-order valence-electron chi connectivity index (χ2n) is 5.40. The number of ether oxygens (including phenoxy) is 2. The van der Waals surface area contributed by atoms with Crippen LogP contribution in [0.3, 0.4) is 0 Å². The van der Waals surface area contributed by atoms with Crippen molar-refractivity contribution in [2.24, 2.45) is 0 Å². The van der Waals surface area contributed by atoms with Gasteiger partial charge in [-0.15, -0.1) is 0 Å². The van der Waals surface area contributed by atoms with E-state index in [4.69, 9.17) is 13.9 Å². The third-order valence-corrected chi connectivity index (χ3v) is 4.51. The highest BCUT2D eigenvalue weighted by Crippen LogP contribution is 2.30. The molecule has 0 spiro atoms. The molecule has 0 saturated carbocycles. The molecule has 0 unspecified atom stereocenters. The smallest absolute Gasteiger partial charge is 0.342 e. The average molecular weight is 374 g/mol. The Hall–Kier alpha value is -2.84. The second kappa shape index (κ2) is 7.59. The lowest BCUT2D eigenvalue weighted by molar-refractivity contribution is 0.0600. The van der Waals surface area contributed by atoms with Gasteiger partial charge in [0.05, 0.1) is 32.0 Å². The molecule has 3 rings (SSSR count). The number of benzene rings is 2. The van der Waals surface area contributed by atoms with Gasteiger partial charge in [-0.2, -0.15) is 4.47 Å². The monoisotopic (exact) mass is 374 g/mol. The first-order chi connectivity index (χ1) is 12.5. The number of hydrogen-bond acceptors (Lipinski definition) is 8. The lowest BCUT2D eigenvalue weighted by Gasteiger charge is -2.16. The maximum absolute atomic E-state index is 12.0. The van der Waals surface area contributed by atoms with Gasteiger partial charge in [-0.3, -0.25) is 5.21 Å². The number of anilines is 2. The minimum atomic E-state index is -0.451. The van der Waals surface area contributed by atoms with E-state index in [9.17, 15) is 10.0 Å². The Morgan fingerprint density at radius 3 is 2.58 bits per heavy atom. The van der Waals surface area contributed by atoms with E-state index in [1.807, 2.05) is 0 Å². The predicted molar refractivity (Wildman–Crippen MR) is 101 cm³/mol. The molecular weight excluding hydrogens is 356 g/mol. The highest BCUT2D eigenvalue weighted by Gasteiger charge is 2.19. The summed E-state index contributed by atoms with van der Waals surface area (Å²) in [5.74, 6) is 0.753. The summed E-state index contributed by atoms with van der Waals surface area (Å²) in [6, 6.07) is 12.3. The number of carbonyl (C=O) groups is 1. The molecule has 136 valence electrons. The van der Waals surface area contributed by atoms with Gasteiger partial charge in [0.2, 0.25) is 0 Å². The molecule has 3 aromatic rings. The predicted octanol–water partition coefficient (Wildman–Crippen LogP) is 4.41. The Labute approximate surface area is 154 Å². The van der Waals surface area contributed by atoms with Crippen LogP contribution in [0.25, 0.3) is 11.0 Å². The van der Waals surface area contributed by atoms with E-state index in [1.54, 1.807) is 56.5 Å². The molecule has 0 fully saturated rings. The van der Waals surface area contributed by atoms with Gasteiger partial charge in [-0.25, -0.2) is 4.79 Å². The number of hydrogen-bond donors (Lipinski definition) is 2. The third kappa shape index (κ3) is 3.56. The summed E-state index contributed by atoms with van der Waals surface area (Å²) in [6.45, 7) is 1.72. The van der Waals surface area contributed by atoms with E-state index in [-0.39, 0.29) is 0 Å². The molecule has 0 atom stereocenters. The van der Waals surface area contributed by atoms with E-state index >= 15 is 0 Å². The first-order valence-electron chi connectivity index (χ1n) is 7.71. The van der Waals surface area contributed by atoms with Gasteiger partial charge in [0, 0.05) is 11.1 Å². The Bertz CT molecular complexity index is 923. The van der Waals surface area contributed by atoms with Crippen molar-refractivity contribution in [2.45, 2.75) is 6.92 Å². The zero-order valence-electron chi connectivity index (χ0n) is 14.5. The van der Waals surface area contributed by atoms with Crippen molar-refractivity contribution in [3.05, 3.63) is 53.8 Å². The van der Waals surface area contributed by atoms with Gasteiger partial charge in [0.25, 0.3) is 0 Å². The van der Waals surface area contributed by atoms with Crippen LogP contribution >= 0.6 is 12.1 Å². The highest BCUT2D eigenvalue weighted by atomic mass is 32.2. The van der Waals surface area contributed by atoms with Crippen LogP contribution in [0.5, 0.6) is 5.75 Å². The zero-order valence-corrected chi connectivity index (χ0v) is 15.3. The normalized spacial score (nSPS) is 10.6. The molecule has 2 N–H and O–H groups in total. The molecule has 8 heteroatoms. The molecule has 2 aromatic carbocycles. The summed E-state index contributed by atoms with van der Waals surface area (Å²) in [7, 11) is 2.91. The molecule has 0 bridgehead atoms. The Morgan fingerprint density at radius 1 is 1.19 bits per heavy atom. The molecule has 7 nitrogen and oxygen atoms in total. The van der Waals surface area contributed by atoms with Gasteiger partial charge in [0.15, 0.2) is 0 Å². The number of esters is 1. The number of nitrogens with zero attached hydrogens (tertiary/aromatic N) is 1. The number of rotatable bonds is 6. The van der Waals surface area contributed by atoms with E-state index in [2.05, 4.69) is 4.72 Å². The van der Waals surface area contributed by atoms with Crippen LogP contribution in [0.2, 0.25) is 0 Å². The van der Waals surface area contributed by atoms with E-state index in [0.29, 0.717) is 39.4 Å². The standard InChI is InChI=1S/C18H18N2O5S/c1-11-17(18(21)24-3)15-10-12(4-9-16(15)25-11)19-26-20(22)13-5-7-14(23-2)8-6-13/h4-10,19,22H,1-3H3. The Morgan fingerprint density at radius 2 is 1.92 bits per heavy atom. The highest BCUT2D eigenvalue weighted by molar-refractivity contribution is 8.01. The lowest BCUT2D eigenvalue weighted by Crippen LogP contribution is -2.10. The molecule has 0 radical (unpaired) electrons. The molecule has 1 aromatic heterocycles. The molecule has 0 aliphatic carbocycles. The topological polar surface area (TPSA) is 84.2 Å².